The summed E-state index contributed by atoms with van der Waals surface area (Å²) < 4.78 is 10.9. The maximum absolute atomic E-state index is 12.2. The van der Waals surface area contributed by atoms with Crippen molar-refractivity contribution >= 4 is 17.5 Å². The van der Waals surface area contributed by atoms with Crippen molar-refractivity contribution in [2.75, 3.05) is 26.3 Å². The van der Waals surface area contributed by atoms with Gasteiger partial charge in [0.25, 0.3) is 5.91 Å². The van der Waals surface area contributed by atoms with Crippen LogP contribution in [0.5, 0.6) is 5.75 Å². The van der Waals surface area contributed by atoms with Crippen molar-refractivity contribution in [1.82, 2.24) is 4.90 Å². The Morgan fingerprint density at radius 3 is 2.85 bits per heavy atom. The molecule has 20 heavy (non-hydrogen) atoms. The van der Waals surface area contributed by atoms with E-state index in [9.17, 15) is 9.90 Å². The fraction of sp³-hybridized carbons (Fsp3) is 0.500. The highest BCUT2D eigenvalue weighted by Gasteiger charge is 2.24. The van der Waals surface area contributed by atoms with Crippen LogP contribution in [0.2, 0.25) is 5.02 Å². The maximum Gasteiger partial charge on any atom is 0.263 e. The van der Waals surface area contributed by atoms with Gasteiger partial charge in [0.15, 0.2) is 6.10 Å². The van der Waals surface area contributed by atoms with Crippen molar-refractivity contribution in [3.63, 3.8) is 0 Å². The molecule has 1 atom stereocenters. The van der Waals surface area contributed by atoms with Gasteiger partial charge in [-0.1, -0.05) is 11.6 Å². The van der Waals surface area contributed by atoms with Crippen molar-refractivity contribution < 1.29 is 19.4 Å². The molecule has 0 spiro atoms. The fourth-order valence-corrected chi connectivity index (χ4v) is 2.26. The van der Waals surface area contributed by atoms with E-state index >= 15 is 0 Å². The molecule has 1 aromatic carbocycles. The maximum atomic E-state index is 12.2. The molecule has 0 saturated carbocycles. The van der Waals surface area contributed by atoms with E-state index in [2.05, 4.69) is 0 Å². The molecule has 0 aliphatic carbocycles. The molecule has 1 fully saturated rings. The number of carbonyl (C=O) groups is 1. The Morgan fingerprint density at radius 1 is 1.50 bits per heavy atom. The van der Waals surface area contributed by atoms with Crippen LogP contribution in [-0.4, -0.2) is 48.3 Å². The third-order valence-corrected chi connectivity index (χ3v) is 3.40. The number of benzene rings is 1. The molecule has 6 heteroatoms. The van der Waals surface area contributed by atoms with E-state index in [0.29, 0.717) is 42.6 Å². The summed E-state index contributed by atoms with van der Waals surface area (Å²) in [6.45, 7) is 3.80. The van der Waals surface area contributed by atoms with E-state index in [-0.39, 0.29) is 12.5 Å². The van der Waals surface area contributed by atoms with Crippen molar-refractivity contribution in [1.29, 1.82) is 0 Å². The smallest absolute Gasteiger partial charge is 0.263 e. The van der Waals surface area contributed by atoms with E-state index in [1.54, 1.807) is 30.0 Å². The monoisotopic (exact) mass is 299 g/mol. The van der Waals surface area contributed by atoms with Crippen LogP contribution in [0.3, 0.4) is 0 Å². The molecule has 0 radical (unpaired) electrons. The van der Waals surface area contributed by atoms with Gasteiger partial charge < -0.3 is 19.5 Å². The quantitative estimate of drug-likeness (QED) is 0.914. The van der Waals surface area contributed by atoms with Crippen molar-refractivity contribution in [3.05, 3.63) is 28.8 Å². The zero-order chi connectivity index (χ0) is 14.5. The molecule has 110 valence electrons. The van der Waals surface area contributed by atoms with E-state index in [4.69, 9.17) is 21.1 Å². The number of aliphatic hydroxyl groups is 1. The fourth-order valence-electron chi connectivity index (χ4n) is 2.07. The molecule has 1 N–H and O–H groups in total. The molecule has 1 aromatic rings. The molecule has 1 aliphatic rings. The zero-order valence-electron chi connectivity index (χ0n) is 11.3. The first-order chi connectivity index (χ1) is 9.61. The van der Waals surface area contributed by atoms with E-state index < -0.39 is 6.10 Å². The molecule has 0 bridgehead atoms. The zero-order valence-corrected chi connectivity index (χ0v) is 12.1. The first kappa shape index (κ1) is 15.1. The third-order valence-electron chi connectivity index (χ3n) is 3.17. The number of carbonyl (C=O) groups excluding carboxylic acids is 1. The minimum atomic E-state index is -0.612. The summed E-state index contributed by atoms with van der Waals surface area (Å²) in [7, 11) is 0. The van der Waals surface area contributed by atoms with Crippen LogP contribution >= 0.6 is 11.6 Å². The van der Waals surface area contributed by atoms with Crippen LogP contribution in [0.25, 0.3) is 0 Å². The summed E-state index contributed by atoms with van der Waals surface area (Å²) in [6, 6.07) is 4.96. The van der Waals surface area contributed by atoms with Crippen LogP contribution in [0, 0.1) is 0 Å². The number of halogens is 1. The number of rotatable bonds is 4. The van der Waals surface area contributed by atoms with Gasteiger partial charge in [-0.2, -0.15) is 0 Å². The van der Waals surface area contributed by atoms with Crippen LogP contribution in [-0.2, 0) is 16.1 Å². The number of hydrogen-bond acceptors (Lipinski definition) is 4. The van der Waals surface area contributed by atoms with Gasteiger partial charge in [0.2, 0.25) is 0 Å². The van der Waals surface area contributed by atoms with Crippen molar-refractivity contribution in [3.8, 4) is 5.75 Å². The first-order valence-corrected chi connectivity index (χ1v) is 6.92. The lowest BCUT2D eigenvalue weighted by Crippen LogP contribution is -2.46. The molecule has 1 unspecified atom stereocenters. The summed E-state index contributed by atoms with van der Waals surface area (Å²) in [5.74, 6) is 0.401. The summed E-state index contributed by atoms with van der Waals surface area (Å²) in [4.78, 5) is 14.0. The number of ether oxygens (including phenoxy) is 2. The predicted octanol–water partition coefficient (Wildman–Crippen LogP) is 1.46. The average Bonchev–Trinajstić information content (AvgIpc) is 2.49. The molecule has 1 amide bonds. The van der Waals surface area contributed by atoms with Gasteiger partial charge in [-0.05, 0) is 25.1 Å². The number of morpholine rings is 1. The Labute approximate surface area is 123 Å². The van der Waals surface area contributed by atoms with Gasteiger partial charge in [-0.25, -0.2) is 0 Å². The van der Waals surface area contributed by atoms with Gasteiger partial charge in [0, 0.05) is 23.7 Å². The van der Waals surface area contributed by atoms with Crippen LogP contribution in [0.4, 0.5) is 0 Å². The summed E-state index contributed by atoms with van der Waals surface area (Å²) in [6.07, 6.45) is -0.612. The summed E-state index contributed by atoms with van der Waals surface area (Å²) in [5, 5.41) is 9.81. The molecule has 5 nitrogen and oxygen atoms in total. The Hall–Kier alpha value is -1.30. The van der Waals surface area contributed by atoms with E-state index in [1.165, 1.54) is 0 Å². The SMILES string of the molecule is CC(Oc1ccc(Cl)cc1CO)C(=O)N1CCOCC1. The van der Waals surface area contributed by atoms with E-state index in [0.717, 1.165) is 0 Å². The second-order valence-corrected chi connectivity index (χ2v) is 5.04. The van der Waals surface area contributed by atoms with Crippen LogP contribution in [0.15, 0.2) is 18.2 Å². The van der Waals surface area contributed by atoms with Gasteiger partial charge in [-0.15, -0.1) is 0 Å². The minimum absolute atomic E-state index is 0.0767. The number of hydrogen-bond donors (Lipinski definition) is 1. The molecule has 1 heterocycles. The van der Waals surface area contributed by atoms with Crippen LogP contribution in [0.1, 0.15) is 12.5 Å². The van der Waals surface area contributed by atoms with Crippen molar-refractivity contribution in [2.24, 2.45) is 0 Å². The molecule has 1 aliphatic heterocycles. The topological polar surface area (TPSA) is 59.0 Å². The third kappa shape index (κ3) is 3.62. The Kier molecular flexibility index (Phi) is 5.23. The second-order valence-electron chi connectivity index (χ2n) is 4.61. The highest BCUT2D eigenvalue weighted by molar-refractivity contribution is 6.30. The lowest BCUT2D eigenvalue weighted by Gasteiger charge is -2.29. The number of amides is 1. The van der Waals surface area contributed by atoms with Gasteiger partial charge >= 0.3 is 0 Å². The largest absolute Gasteiger partial charge is 0.481 e. The number of aliphatic hydroxyl groups excluding tert-OH is 1. The predicted molar refractivity (Wildman–Crippen MR) is 74.9 cm³/mol. The Balaban J connectivity index is 2.03. The lowest BCUT2D eigenvalue weighted by atomic mass is 10.2. The van der Waals surface area contributed by atoms with Gasteiger partial charge in [0.1, 0.15) is 5.75 Å². The van der Waals surface area contributed by atoms with Gasteiger partial charge in [0.05, 0.1) is 19.8 Å². The number of nitrogens with zero attached hydrogens (tertiary/aromatic N) is 1. The Bertz CT molecular complexity index is 474. The summed E-state index contributed by atoms with van der Waals surface area (Å²) >= 11 is 5.86. The first-order valence-electron chi connectivity index (χ1n) is 6.54. The lowest BCUT2D eigenvalue weighted by molar-refractivity contribution is -0.142. The highest BCUT2D eigenvalue weighted by atomic mass is 35.5. The minimum Gasteiger partial charge on any atom is -0.481 e. The van der Waals surface area contributed by atoms with E-state index in [1.807, 2.05) is 0 Å². The van der Waals surface area contributed by atoms with Gasteiger partial charge in [-0.3, -0.25) is 4.79 Å². The van der Waals surface area contributed by atoms with Crippen molar-refractivity contribution in [2.45, 2.75) is 19.6 Å². The normalized spacial score (nSPS) is 16.9. The molecular weight excluding hydrogens is 282 g/mol. The average molecular weight is 300 g/mol. The van der Waals surface area contributed by atoms with Crippen LogP contribution < -0.4 is 4.74 Å². The molecule has 1 saturated heterocycles. The summed E-state index contributed by atoms with van der Waals surface area (Å²) in [5.41, 5.74) is 0.569. The molecule has 2 rings (SSSR count). The molecule has 0 aromatic heterocycles. The molecular formula is C14H18ClNO4. The highest BCUT2D eigenvalue weighted by Crippen LogP contribution is 2.24. The second kappa shape index (κ2) is 6.92. The Morgan fingerprint density at radius 2 is 2.20 bits per heavy atom. The standard InChI is InChI=1S/C14H18ClNO4/c1-10(14(18)16-4-6-19-7-5-16)20-13-3-2-12(15)8-11(13)9-17/h2-3,8,10,17H,4-7,9H2,1H3.